The molecule has 3 rings (SSSR count). The van der Waals surface area contributed by atoms with Crippen molar-refractivity contribution in [1.82, 2.24) is 4.90 Å². The lowest BCUT2D eigenvalue weighted by Crippen LogP contribution is -2.46. The standard InChI is InChI=1S/C19H17F3N2O4/c1-27-13-8-6-12(7-9-13)23-18(26)17-14-4-2-3-5-15(14)28-10-16(25)24(17)11-19(20,21)22/h2-9,17H,10-11H2,1H3,(H,23,26). The number of rotatable bonds is 4. The lowest BCUT2D eigenvalue weighted by atomic mass is 10.0. The van der Waals surface area contributed by atoms with Crippen LogP contribution in [0.25, 0.3) is 0 Å². The van der Waals surface area contributed by atoms with E-state index >= 15 is 0 Å². The van der Waals surface area contributed by atoms with Gasteiger partial charge in [0.15, 0.2) is 6.61 Å². The summed E-state index contributed by atoms with van der Waals surface area (Å²) in [6, 6.07) is 10.9. The number of halogens is 3. The maximum Gasteiger partial charge on any atom is 0.406 e. The number of hydrogen-bond acceptors (Lipinski definition) is 4. The first kappa shape index (κ1) is 19.5. The summed E-state index contributed by atoms with van der Waals surface area (Å²) in [5, 5.41) is 2.56. The van der Waals surface area contributed by atoms with Gasteiger partial charge < -0.3 is 19.7 Å². The number of alkyl halides is 3. The highest BCUT2D eigenvalue weighted by molar-refractivity contribution is 5.99. The summed E-state index contributed by atoms with van der Waals surface area (Å²) in [6.07, 6.45) is -4.67. The fourth-order valence-corrected chi connectivity index (χ4v) is 2.91. The van der Waals surface area contributed by atoms with E-state index in [1.54, 1.807) is 36.4 Å². The molecule has 0 fully saturated rings. The first-order valence-electron chi connectivity index (χ1n) is 8.31. The van der Waals surface area contributed by atoms with Gasteiger partial charge in [-0.2, -0.15) is 13.2 Å². The predicted molar refractivity (Wildman–Crippen MR) is 94.1 cm³/mol. The van der Waals surface area contributed by atoms with E-state index in [4.69, 9.17) is 9.47 Å². The van der Waals surface area contributed by atoms with Gasteiger partial charge in [0.25, 0.3) is 11.8 Å². The fraction of sp³-hybridized carbons (Fsp3) is 0.263. The van der Waals surface area contributed by atoms with E-state index < -0.39 is 37.2 Å². The van der Waals surface area contributed by atoms with Crippen LogP contribution in [-0.2, 0) is 9.59 Å². The van der Waals surface area contributed by atoms with Crippen LogP contribution < -0.4 is 14.8 Å². The molecule has 1 N–H and O–H groups in total. The number of carbonyl (C=O) groups excluding carboxylic acids is 2. The quantitative estimate of drug-likeness (QED) is 0.865. The van der Waals surface area contributed by atoms with Crippen LogP contribution in [0.5, 0.6) is 11.5 Å². The molecule has 6 nitrogen and oxygen atoms in total. The molecule has 9 heteroatoms. The van der Waals surface area contributed by atoms with Crippen molar-refractivity contribution in [3.63, 3.8) is 0 Å². The Bertz CT molecular complexity index is 868. The average molecular weight is 394 g/mol. The van der Waals surface area contributed by atoms with Crippen LogP contribution in [-0.4, -0.2) is 43.2 Å². The molecule has 2 aromatic carbocycles. The summed E-state index contributed by atoms with van der Waals surface area (Å²) in [6.45, 7) is -2.15. The Kier molecular flexibility index (Phi) is 5.43. The molecular weight excluding hydrogens is 377 g/mol. The van der Waals surface area contributed by atoms with Crippen LogP contribution >= 0.6 is 0 Å². The maximum absolute atomic E-state index is 13.1. The van der Waals surface area contributed by atoms with Crippen molar-refractivity contribution in [1.29, 1.82) is 0 Å². The van der Waals surface area contributed by atoms with Crippen LogP contribution in [0.1, 0.15) is 11.6 Å². The molecule has 1 atom stereocenters. The number of nitrogens with zero attached hydrogens (tertiary/aromatic N) is 1. The number of hydrogen-bond donors (Lipinski definition) is 1. The minimum absolute atomic E-state index is 0.184. The predicted octanol–water partition coefficient (Wildman–Crippen LogP) is 3.16. The normalized spacial score (nSPS) is 16.6. The van der Waals surface area contributed by atoms with E-state index in [0.717, 1.165) is 0 Å². The first-order chi connectivity index (χ1) is 13.3. The molecule has 1 unspecified atom stereocenters. The minimum atomic E-state index is -4.67. The zero-order chi connectivity index (χ0) is 20.3. The number of nitrogens with one attached hydrogen (secondary N) is 1. The van der Waals surface area contributed by atoms with Gasteiger partial charge in [-0.05, 0) is 30.3 Å². The number of para-hydroxylation sites is 1. The van der Waals surface area contributed by atoms with Crippen LogP contribution in [0.4, 0.5) is 18.9 Å². The summed E-state index contributed by atoms with van der Waals surface area (Å²) in [7, 11) is 1.48. The number of amides is 2. The Morgan fingerprint density at radius 3 is 2.54 bits per heavy atom. The molecule has 1 aliphatic heterocycles. The van der Waals surface area contributed by atoms with Crippen LogP contribution in [0, 0.1) is 0 Å². The average Bonchev–Trinajstić information content (AvgIpc) is 2.78. The summed E-state index contributed by atoms with van der Waals surface area (Å²) in [4.78, 5) is 25.7. The van der Waals surface area contributed by atoms with Crippen LogP contribution in [0.15, 0.2) is 48.5 Å². The highest BCUT2D eigenvalue weighted by Crippen LogP contribution is 2.35. The number of anilines is 1. The number of benzene rings is 2. The molecule has 0 aliphatic carbocycles. The highest BCUT2D eigenvalue weighted by atomic mass is 19.4. The third-order valence-electron chi connectivity index (χ3n) is 4.15. The summed E-state index contributed by atoms with van der Waals surface area (Å²) in [5.74, 6) is -0.959. The fourth-order valence-electron chi connectivity index (χ4n) is 2.91. The van der Waals surface area contributed by atoms with Crippen molar-refractivity contribution in [3.05, 3.63) is 54.1 Å². The third kappa shape index (κ3) is 4.36. The van der Waals surface area contributed by atoms with Gasteiger partial charge in [0.05, 0.1) is 7.11 Å². The second kappa shape index (κ2) is 7.79. The zero-order valence-corrected chi connectivity index (χ0v) is 14.8. The smallest absolute Gasteiger partial charge is 0.406 e. The molecule has 1 aliphatic rings. The van der Waals surface area contributed by atoms with Crippen LogP contribution in [0.2, 0.25) is 0 Å². The van der Waals surface area contributed by atoms with Crippen molar-refractivity contribution >= 4 is 17.5 Å². The number of ether oxygens (including phenoxy) is 2. The van der Waals surface area contributed by atoms with E-state index in [2.05, 4.69) is 5.32 Å². The largest absolute Gasteiger partial charge is 0.497 e. The second-order valence-electron chi connectivity index (χ2n) is 6.08. The van der Waals surface area contributed by atoms with E-state index in [9.17, 15) is 22.8 Å². The molecule has 1 heterocycles. The van der Waals surface area contributed by atoms with Gasteiger partial charge in [0, 0.05) is 11.3 Å². The van der Waals surface area contributed by atoms with Gasteiger partial charge in [0.2, 0.25) is 0 Å². The van der Waals surface area contributed by atoms with Crippen molar-refractivity contribution < 1.29 is 32.2 Å². The van der Waals surface area contributed by atoms with E-state index in [1.807, 2.05) is 0 Å². The van der Waals surface area contributed by atoms with Gasteiger partial charge in [-0.3, -0.25) is 9.59 Å². The Labute approximate surface area is 158 Å². The zero-order valence-electron chi connectivity index (χ0n) is 14.8. The number of carbonyl (C=O) groups is 2. The maximum atomic E-state index is 13.1. The Hall–Kier alpha value is -3.23. The van der Waals surface area contributed by atoms with Gasteiger partial charge in [-0.1, -0.05) is 18.2 Å². The van der Waals surface area contributed by atoms with Crippen molar-refractivity contribution in [2.24, 2.45) is 0 Å². The molecule has 0 radical (unpaired) electrons. The molecule has 2 aromatic rings. The van der Waals surface area contributed by atoms with Crippen molar-refractivity contribution in [3.8, 4) is 11.5 Å². The minimum Gasteiger partial charge on any atom is -0.497 e. The molecule has 0 spiro atoms. The second-order valence-corrected chi connectivity index (χ2v) is 6.08. The van der Waals surface area contributed by atoms with E-state index in [1.165, 1.54) is 19.2 Å². The first-order valence-corrected chi connectivity index (χ1v) is 8.31. The molecule has 2 amide bonds. The van der Waals surface area contributed by atoms with E-state index in [-0.39, 0.29) is 11.3 Å². The number of fused-ring (bicyclic) bond motifs is 1. The molecule has 0 saturated carbocycles. The topological polar surface area (TPSA) is 67.9 Å². The van der Waals surface area contributed by atoms with Gasteiger partial charge >= 0.3 is 6.18 Å². The SMILES string of the molecule is COc1ccc(NC(=O)C2c3ccccc3OCC(=O)N2CC(F)(F)F)cc1. The van der Waals surface area contributed by atoms with Crippen LogP contribution in [0.3, 0.4) is 0 Å². The lowest BCUT2D eigenvalue weighted by Gasteiger charge is -2.29. The Balaban J connectivity index is 1.97. The van der Waals surface area contributed by atoms with Gasteiger partial charge in [-0.15, -0.1) is 0 Å². The Morgan fingerprint density at radius 2 is 1.89 bits per heavy atom. The number of methoxy groups -OCH3 is 1. The summed E-state index contributed by atoms with van der Waals surface area (Å²) < 4.78 is 49.6. The van der Waals surface area contributed by atoms with Crippen molar-refractivity contribution in [2.45, 2.75) is 12.2 Å². The Morgan fingerprint density at radius 1 is 1.21 bits per heavy atom. The third-order valence-corrected chi connectivity index (χ3v) is 4.15. The van der Waals surface area contributed by atoms with Gasteiger partial charge in [0.1, 0.15) is 24.1 Å². The highest BCUT2D eigenvalue weighted by Gasteiger charge is 2.42. The molecule has 148 valence electrons. The summed E-state index contributed by atoms with van der Waals surface area (Å²) >= 11 is 0. The van der Waals surface area contributed by atoms with E-state index in [0.29, 0.717) is 16.3 Å². The van der Waals surface area contributed by atoms with Gasteiger partial charge in [-0.25, -0.2) is 0 Å². The molecular formula is C19H17F3N2O4. The van der Waals surface area contributed by atoms with Crippen molar-refractivity contribution in [2.75, 3.05) is 25.6 Å². The summed E-state index contributed by atoms with van der Waals surface area (Å²) in [5.41, 5.74) is 0.538. The monoisotopic (exact) mass is 394 g/mol. The lowest BCUT2D eigenvalue weighted by molar-refractivity contribution is -0.168. The molecule has 28 heavy (non-hydrogen) atoms. The molecule has 0 saturated heterocycles. The molecule has 0 bridgehead atoms. The molecule has 0 aromatic heterocycles.